The number of rotatable bonds is 4. The molecule has 2 unspecified atom stereocenters. The van der Waals surface area contributed by atoms with Gasteiger partial charge in [-0.2, -0.15) is 0 Å². The highest BCUT2D eigenvalue weighted by Gasteiger charge is 2.50. The molecule has 5 heteroatoms. The zero-order valence-electron chi connectivity index (χ0n) is 13.1. The van der Waals surface area contributed by atoms with Crippen LogP contribution in [0.1, 0.15) is 30.7 Å². The second-order valence-electron chi connectivity index (χ2n) is 6.30. The SMILES string of the molecule is COC(=O)C1C2CC[C@H](C[C@@H]1c1ccc(F)cc1)N2CC=CI. The monoisotopic (exact) mass is 429 g/mol. The van der Waals surface area contributed by atoms with Crippen molar-refractivity contribution < 1.29 is 13.9 Å². The summed E-state index contributed by atoms with van der Waals surface area (Å²) in [6.07, 6.45) is 5.21. The number of nitrogens with zero attached hydrogens (tertiary/aromatic N) is 1. The molecule has 1 aromatic carbocycles. The third-order valence-electron chi connectivity index (χ3n) is 5.24. The van der Waals surface area contributed by atoms with Crippen molar-refractivity contribution in [2.45, 2.75) is 37.3 Å². The fourth-order valence-corrected chi connectivity index (χ4v) is 4.50. The van der Waals surface area contributed by atoms with Gasteiger partial charge in [0.05, 0.1) is 13.0 Å². The molecule has 2 bridgehead atoms. The number of piperidine rings is 1. The van der Waals surface area contributed by atoms with Crippen molar-refractivity contribution in [3.05, 3.63) is 45.8 Å². The number of hydrogen-bond acceptors (Lipinski definition) is 3. The maximum Gasteiger partial charge on any atom is 0.310 e. The molecule has 1 aromatic rings. The van der Waals surface area contributed by atoms with E-state index >= 15 is 0 Å². The predicted octanol–water partition coefficient (Wildman–Crippen LogP) is 3.88. The molecule has 4 atom stereocenters. The summed E-state index contributed by atoms with van der Waals surface area (Å²) in [6.45, 7) is 0.877. The maximum absolute atomic E-state index is 13.2. The minimum Gasteiger partial charge on any atom is -0.469 e. The molecule has 2 heterocycles. The molecule has 3 rings (SSSR count). The van der Waals surface area contributed by atoms with Crippen LogP contribution in [0.2, 0.25) is 0 Å². The molecule has 3 nitrogen and oxygen atoms in total. The van der Waals surface area contributed by atoms with Crippen molar-refractivity contribution in [1.29, 1.82) is 0 Å². The van der Waals surface area contributed by atoms with E-state index in [-0.39, 0.29) is 29.7 Å². The summed E-state index contributed by atoms with van der Waals surface area (Å²) in [7, 11) is 1.46. The smallest absolute Gasteiger partial charge is 0.310 e. The molecule has 2 aliphatic rings. The predicted molar refractivity (Wildman–Crippen MR) is 95.9 cm³/mol. The van der Waals surface area contributed by atoms with E-state index in [4.69, 9.17) is 4.74 Å². The summed E-state index contributed by atoms with van der Waals surface area (Å²) in [6, 6.07) is 7.30. The molecule has 0 saturated carbocycles. The first-order valence-electron chi connectivity index (χ1n) is 8.00. The van der Waals surface area contributed by atoms with Gasteiger partial charge in [0.15, 0.2) is 0 Å². The first kappa shape index (κ1) is 16.9. The van der Waals surface area contributed by atoms with Crippen LogP contribution in [-0.2, 0) is 9.53 Å². The van der Waals surface area contributed by atoms with Gasteiger partial charge in [-0.15, -0.1) is 0 Å². The van der Waals surface area contributed by atoms with Gasteiger partial charge in [-0.1, -0.05) is 40.8 Å². The van der Waals surface area contributed by atoms with Crippen LogP contribution >= 0.6 is 22.6 Å². The molecule has 0 aliphatic carbocycles. The van der Waals surface area contributed by atoms with Crippen molar-refractivity contribution in [2.24, 2.45) is 5.92 Å². The number of halogens is 2. The number of methoxy groups -OCH3 is 1. The number of benzene rings is 1. The highest BCUT2D eigenvalue weighted by Crippen LogP contribution is 2.47. The molecule has 0 radical (unpaired) electrons. The van der Waals surface area contributed by atoms with Crippen LogP contribution < -0.4 is 0 Å². The normalized spacial score (nSPS) is 30.7. The van der Waals surface area contributed by atoms with E-state index < -0.39 is 0 Å². The summed E-state index contributed by atoms with van der Waals surface area (Å²) in [5.74, 6) is -0.448. The Morgan fingerprint density at radius 3 is 2.78 bits per heavy atom. The van der Waals surface area contributed by atoms with Crippen LogP contribution in [0.4, 0.5) is 4.39 Å². The minimum absolute atomic E-state index is 0.111. The Morgan fingerprint density at radius 1 is 1.39 bits per heavy atom. The zero-order valence-corrected chi connectivity index (χ0v) is 15.3. The van der Waals surface area contributed by atoms with Gasteiger partial charge >= 0.3 is 5.97 Å². The van der Waals surface area contributed by atoms with Gasteiger partial charge in [-0.05, 0) is 41.0 Å². The summed E-state index contributed by atoms with van der Waals surface area (Å²) in [5.41, 5.74) is 1.04. The largest absolute Gasteiger partial charge is 0.469 e. The van der Waals surface area contributed by atoms with Gasteiger partial charge in [0, 0.05) is 24.5 Å². The Labute approximate surface area is 150 Å². The summed E-state index contributed by atoms with van der Waals surface area (Å²) >= 11 is 2.23. The molecular weight excluding hydrogens is 408 g/mol. The third-order valence-corrected chi connectivity index (χ3v) is 5.75. The van der Waals surface area contributed by atoms with Crippen LogP contribution in [0.5, 0.6) is 0 Å². The second-order valence-corrected chi connectivity index (χ2v) is 7.02. The highest BCUT2D eigenvalue weighted by molar-refractivity contribution is 14.1. The van der Waals surface area contributed by atoms with Crippen LogP contribution in [0.15, 0.2) is 34.4 Å². The van der Waals surface area contributed by atoms with E-state index in [2.05, 4.69) is 33.6 Å². The lowest BCUT2D eigenvalue weighted by molar-refractivity contribution is -0.150. The Kier molecular flexibility index (Phi) is 5.36. The fourth-order valence-electron chi connectivity index (χ4n) is 4.27. The first-order valence-corrected chi connectivity index (χ1v) is 9.24. The molecular formula is C18H21FINO2. The van der Waals surface area contributed by atoms with Crippen molar-refractivity contribution in [3.63, 3.8) is 0 Å². The molecule has 2 aliphatic heterocycles. The van der Waals surface area contributed by atoms with E-state index in [0.29, 0.717) is 6.04 Å². The number of carbonyl (C=O) groups is 1. The third kappa shape index (κ3) is 3.31. The second kappa shape index (κ2) is 7.30. The lowest BCUT2D eigenvalue weighted by atomic mass is 9.76. The molecule has 0 aromatic heterocycles. The Bertz CT molecular complexity index is 589. The topological polar surface area (TPSA) is 29.5 Å². The van der Waals surface area contributed by atoms with E-state index in [1.165, 1.54) is 19.2 Å². The minimum atomic E-state index is -0.240. The summed E-state index contributed by atoms with van der Waals surface area (Å²) in [4.78, 5) is 14.9. The summed E-state index contributed by atoms with van der Waals surface area (Å²) in [5, 5.41) is 0. The van der Waals surface area contributed by atoms with E-state index in [1.807, 2.05) is 16.2 Å². The van der Waals surface area contributed by atoms with Crippen molar-refractivity contribution >= 4 is 28.6 Å². The highest BCUT2D eigenvalue weighted by atomic mass is 127. The molecule has 2 saturated heterocycles. The standard InChI is InChI=1S/C18H21FINO2/c1-23-18(22)17-15(12-3-5-13(19)6-4-12)11-14-7-8-16(17)21(14)10-2-9-20/h2-6,9,14-17H,7-8,10-11H2,1H3/t14-,15-,16?,17?/m1/s1. The van der Waals surface area contributed by atoms with E-state index in [1.54, 1.807) is 0 Å². The summed E-state index contributed by atoms with van der Waals surface area (Å²) < 4.78 is 20.4. The number of ether oxygens (including phenoxy) is 1. The van der Waals surface area contributed by atoms with Gasteiger partial charge in [0.25, 0.3) is 0 Å². The average molecular weight is 429 g/mol. The van der Waals surface area contributed by atoms with E-state index in [0.717, 1.165) is 31.4 Å². The Hall–Kier alpha value is -0.950. The number of esters is 1. The molecule has 124 valence electrons. The van der Waals surface area contributed by atoms with Crippen LogP contribution in [-0.4, -0.2) is 36.6 Å². The lowest BCUT2D eigenvalue weighted by Gasteiger charge is -2.43. The molecule has 0 amide bonds. The van der Waals surface area contributed by atoms with Gasteiger partial charge in [-0.25, -0.2) is 4.39 Å². The van der Waals surface area contributed by atoms with Crippen molar-refractivity contribution in [1.82, 2.24) is 4.90 Å². The van der Waals surface area contributed by atoms with Gasteiger partial charge in [-0.3, -0.25) is 9.69 Å². The number of hydrogen-bond donors (Lipinski definition) is 0. The number of carbonyl (C=O) groups excluding carboxylic acids is 1. The maximum atomic E-state index is 13.2. The molecule has 23 heavy (non-hydrogen) atoms. The number of fused-ring (bicyclic) bond motifs is 2. The zero-order chi connectivity index (χ0) is 16.4. The fraction of sp³-hybridized carbons (Fsp3) is 0.500. The van der Waals surface area contributed by atoms with Crippen molar-refractivity contribution in [2.75, 3.05) is 13.7 Å². The van der Waals surface area contributed by atoms with Crippen LogP contribution in [0, 0.1) is 11.7 Å². The average Bonchev–Trinajstić information content (AvgIpc) is 2.84. The van der Waals surface area contributed by atoms with Crippen LogP contribution in [0.25, 0.3) is 0 Å². The van der Waals surface area contributed by atoms with Gasteiger partial charge in [0.2, 0.25) is 0 Å². The Morgan fingerprint density at radius 2 is 2.13 bits per heavy atom. The first-order chi connectivity index (χ1) is 11.2. The molecule has 2 fully saturated rings. The van der Waals surface area contributed by atoms with Gasteiger partial charge < -0.3 is 4.74 Å². The van der Waals surface area contributed by atoms with Crippen molar-refractivity contribution in [3.8, 4) is 0 Å². The molecule has 0 N–H and O–H groups in total. The lowest BCUT2D eigenvalue weighted by Crippen LogP contribution is -2.50. The molecule has 0 spiro atoms. The van der Waals surface area contributed by atoms with E-state index in [9.17, 15) is 9.18 Å². The quantitative estimate of drug-likeness (QED) is 0.538. The van der Waals surface area contributed by atoms with Crippen LogP contribution in [0.3, 0.4) is 0 Å². The Balaban J connectivity index is 1.91. The van der Waals surface area contributed by atoms with Gasteiger partial charge in [0.1, 0.15) is 5.82 Å².